The van der Waals surface area contributed by atoms with Crippen molar-refractivity contribution in [3.05, 3.63) is 83.8 Å². The lowest BCUT2D eigenvalue weighted by molar-refractivity contribution is 0.253. The van der Waals surface area contributed by atoms with Gasteiger partial charge >= 0.3 is 0 Å². The quantitative estimate of drug-likeness (QED) is 0.107. The van der Waals surface area contributed by atoms with Gasteiger partial charge in [0.25, 0.3) is 10.1 Å². The predicted octanol–water partition coefficient (Wildman–Crippen LogP) is 6.00. The summed E-state index contributed by atoms with van der Waals surface area (Å²) in [4.78, 5) is -0.214. The van der Waals surface area contributed by atoms with Gasteiger partial charge in [0, 0.05) is 7.14 Å². The molecule has 0 bridgehead atoms. The lowest BCUT2D eigenvalue weighted by atomic mass is 10.1. The van der Waals surface area contributed by atoms with Gasteiger partial charge in [-0.1, -0.05) is 24.3 Å². The van der Waals surface area contributed by atoms with Crippen LogP contribution < -0.4 is 9.47 Å². The molecule has 13 heteroatoms. The number of ether oxygens (including phenoxy) is 2. The first-order valence-electron chi connectivity index (χ1n) is 8.71. The molecule has 0 atom stereocenters. The van der Waals surface area contributed by atoms with E-state index in [0.29, 0.717) is 16.9 Å². The van der Waals surface area contributed by atoms with Crippen LogP contribution in [0.4, 0.5) is 22.0 Å². The molecule has 0 unspecified atom stereocenters. The van der Waals surface area contributed by atoms with Gasteiger partial charge in [-0.15, -0.1) is 0 Å². The smallest absolute Gasteiger partial charge is 0.296 e. The molecule has 1 N–H and O–H groups in total. The van der Waals surface area contributed by atoms with Gasteiger partial charge in [0.15, 0.2) is 5.75 Å². The molecular formula is C20H11F5I2O5S. The molecule has 3 aromatic carbocycles. The number of hydrogen-bond acceptors (Lipinski definition) is 4. The number of hydrogen-bond donors (Lipinski definition) is 1. The van der Waals surface area contributed by atoms with Gasteiger partial charge in [-0.25, -0.2) is 13.2 Å². The Bertz CT molecular complexity index is 1270. The van der Waals surface area contributed by atoms with Crippen molar-refractivity contribution in [2.24, 2.45) is 0 Å². The van der Waals surface area contributed by atoms with Crippen LogP contribution in [-0.2, 0) is 23.3 Å². The Hall–Kier alpha value is -1.72. The minimum atomic E-state index is -4.38. The van der Waals surface area contributed by atoms with Crippen molar-refractivity contribution < 1.29 is 44.4 Å². The largest absolute Gasteiger partial charge is 0.489 e. The number of halogens is 7. The fraction of sp³-hybridized carbons (Fsp3) is 0.100. The average Bonchev–Trinajstić information content (AvgIpc) is 2.74. The molecule has 3 rings (SSSR count). The van der Waals surface area contributed by atoms with E-state index in [1.54, 1.807) is 57.3 Å². The van der Waals surface area contributed by atoms with E-state index < -0.39 is 51.6 Å². The van der Waals surface area contributed by atoms with E-state index in [4.69, 9.17) is 9.47 Å². The van der Waals surface area contributed by atoms with Crippen LogP contribution in [0.5, 0.6) is 11.5 Å². The summed E-state index contributed by atoms with van der Waals surface area (Å²) in [6, 6.07) is 9.11. The number of benzene rings is 3. The summed E-state index contributed by atoms with van der Waals surface area (Å²) in [5, 5.41) is 0. The van der Waals surface area contributed by atoms with Gasteiger partial charge in [-0.3, -0.25) is 4.55 Å². The normalized spacial score (nSPS) is 11.5. The highest BCUT2D eigenvalue weighted by Gasteiger charge is 2.27. The summed E-state index contributed by atoms with van der Waals surface area (Å²) in [6.45, 7) is -0.372. The highest BCUT2D eigenvalue weighted by atomic mass is 127. The summed E-state index contributed by atoms with van der Waals surface area (Å²) >= 11 is 3.52. The first kappa shape index (κ1) is 25.9. The lowest BCUT2D eigenvalue weighted by Crippen LogP contribution is -2.07. The first-order valence-corrected chi connectivity index (χ1v) is 12.3. The third-order valence-electron chi connectivity index (χ3n) is 4.21. The zero-order valence-corrected chi connectivity index (χ0v) is 21.1. The van der Waals surface area contributed by atoms with Crippen molar-refractivity contribution in [1.82, 2.24) is 0 Å². The van der Waals surface area contributed by atoms with Crippen LogP contribution >= 0.6 is 45.2 Å². The molecule has 0 aliphatic rings. The molecule has 0 heterocycles. The molecule has 5 nitrogen and oxygen atoms in total. The van der Waals surface area contributed by atoms with E-state index in [0.717, 1.165) is 0 Å². The topological polar surface area (TPSA) is 72.8 Å². The Morgan fingerprint density at radius 2 is 1.12 bits per heavy atom. The molecule has 0 saturated carbocycles. The first-order chi connectivity index (χ1) is 15.4. The molecule has 0 saturated heterocycles. The Kier molecular flexibility index (Phi) is 8.06. The van der Waals surface area contributed by atoms with Crippen LogP contribution in [0.25, 0.3) is 0 Å². The van der Waals surface area contributed by atoms with E-state index in [1.165, 1.54) is 24.3 Å². The van der Waals surface area contributed by atoms with E-state index in [1.807, 2.05) is 0 Å². The van der Waals surface area contributed by atoms with Crippen LogP contribution in [0.1, 0.15) is 11.1 Å². The van der Waals surface area contributed by atoms with E-state index >= 15 is 0 Å². The second-order valence-electron chi connectivity index (χ2n) is 6.48. The SMILES string of the molecule is O=S(=O)(O)c1c(I)cc(OCc2ccc(COc3c(F)c(F)c(F)c(F)c3F)cc2)cc1I. The fourth-order valence-corrected chi connectivity index (χ4v) is 6.62. The third-order valence-corrected chi connectivity index (χ3v) is 7.60. The molecular weight excluding hydrogens is 701 g/mol. The molecule has 0 aliphatic carbocycles. The van der Waals surface area contributed by atoms with Gasteiger partial charge in [0.05, 0.1) is 0 Å². The molecule has 0 aliphatic heterocycles. The molecule has 0 spiro atoms. The Balaban J connectivity index is 1.66. The van der Waals surface area contributed by atoms with Crippen LogP contribution in [0.3, 0.4) is 0 Å². The standard InChI is InChI=1S/C20H11F5I2O5S/c21-14-15(22)17(24)19(18(25)16(14)23)32-8-10-3-1-9(2-4-10)7-31-11-5-12(26)20(13(27)6-11)33(28,29)30/h1-6H,7-8H2,(H,28,29,30). The summed E-state index contributed by atoms with van der Waals surface area (Å²) < 4.78 is 110. The predicted molar refractivity (Wildman–Crippen MR) is 123 cm³/mol. The highest BCUT2D eigenvalue weighted by molar-refractivity contribution is 14.1. The van der Waals surface area contributed by atoms with Gasteiger partial charge in [0.1, 0.15) is 23.9 Å². The van der Waals surface area contributed by atoms with Crippen LogP contribution in [0.2, 0.25) is 0 Å². The van der Waals surface area contributed by atoms with Crippen LogP contribution in [0, 0.1) is 36.2 Å². The maximum Gasteiger partial charge on any atom is 0.296 e. The minimum absolute atomic E-state index is 0.0795. The minimum Gasteiger partial charge on any atom is -0.489 e. The number of rotatable bonds is 7. The summed E-state index contributed by atoms with van der Waals surface area (Å²) in [6.07, 6.45) is 0. The summed E-state index contributed by atoms with van der Waals surface area (Å²) in [5.41, 5.74) is 1.06. The Labute approximate surface area is 211 Å². The van der Waals surface area contributed by atoms with Gasteiger partial charge in [-0.05, 0) is 68.4 Å². The molecule has 3 aromatic rings. The van der Waals surface area contributed by atoms with Crippen molar-refractivity contribution in [2.75, 3.05) is 0 Å². The fourth-order valence-electron chi connectivity index (χ4n) is 2.63. The average molecular weight is 712 g/mol. The molecule has 0 amide bonds. The summed E-state index contributed by atoms with van der Waals surface area (Å²) in [7, 11) is -4.38. The van der Waals surface area contributed by atoms with Gasteiger partial charge in [-0.2, -0.15) is 17.2 Å². The monoisotopic (exact) mass is 712 g/mol. The molecule has 33 heavy (non-hydrogen) atoms. The van der Waals surface area contributed by atoms with E-state index in [-0.39, 0.29) is 18.6 Å². The summed E-state index contributed by atoms with van der Waals surface area (Å²) in [5.74, 6) is -11.6. The maximum absolute atomic E-state index is 13.7. The molecule has 0 fully saturated rings. The van der Waals surface area contributed by atoms with Crippen molar-refractivity contribution in [2.45, 2.75) is 18.1 Å². The highest BCUT2D eigenvalue weighted by Crippen LogP contribution is 2.31. The van der Waals surface area contributed by atoms with Crippen molar-refractivity contribution in [3.8, 4) is 11.5 Å². The van der Waals surface area contributed by atoms with E-state index in [2.05, 4.69) is 0 Å². The maximum atomic E-state index is 13.7. The van der Waals surface area contributed by atoms with Gasteiger partial charge in [0.2, 0.25) is 29.1 Å². The zero-order valence-electron chi connectivity index (χ0n) is 16.0. The Morgan fingerprint density at radius 1 is 0.727 bits per heavy atom. The van der Waals surface area contributed by atoms with Crippen LogP contribution in [0.15, 0.2) is 41.3 Å². The molecule has 0 aromatic heterocycles. The lowest BCUT2D eigenvalue weighted by Gasteiger charge is -2.12. The van der Waals surface area contributed by atoms with Crippen molar-refractivity contribution in [1.29, 1.82) is 0 Å². The van der Waals surface area contributed by atoms with Gasteiger partial charge < -0.3 is 9.47 Å². The molecule has 0 radical (unpaired) electrons. The third kappa shape index (κ3) is 5.86. The van der Waals surface area contributed by atoms with E-state index in [9.17, 15) is 34.9 Å². The second kappa shape index (κ2) is 10.3. The zero-order chi connectivity index (χ0) is 24.5. The van der Waals surface area contributed by atoms with Crippen LogP contribution in [-0.4, -0.2) is 13.0 Å². The second-order valence-corrected chi connectivity index (χ2v) is 10.2. The molecule has 176 valence electrons. The Morgan fingerprint density at radius 3 is 1.55 bits per heavy atom. The van der Waals surface area contributed by atoms with Crippen molar-refractivity contribution >= 4 is 55.3 Å². The van der Waals surface area contributed by atoms with Crippen molar-refractivity contribution in [3.63, 3.8) is 0 Å².